The first-order chi connectivity index (χ1) is 10.5. The van der Waals surface area contributed by atoms with Gasteiger partial charge in [-0.1, -0.05) is 6.07 Å². The van der Waals surface area contributed by atoms with Crippen LogP contribution >= 0.6 is 0 Å². The van der Waals surface area contributed by atoms with Crippen LogP contribution in [-0.4, -0.2) is 24.4 Å². The van der Waals surface area contributed by atoms with Crippen molar-refractivity contribution < 1.29 is 4.92 Å². The van der Waals surface area contributed by atoms with Gasteiger partial charge in [-0.05, 0) is 24.6 Å². The summed E-state index contributed by atoms with van der Waals surface area (Å²) < 4.78 is 1.99. The molecule has 2 heterocycles. The Morgan fingerprint density at radius 1 is 1.32 bits per heavy atom. The minimum atomic E-state index is -0.530. The molecule has 3 aromatic rings. The molecule has 22 heavy (non-hydrogen) atoms. The molecule has 1 aromatic carbocycles. The lowest BCUT2D eigenvalue weighted by Crippen LogP contribution is -2.08. The molecule has 2 aromatic heterocycles. The number of rotatable bonds is 4. The van der Waals surface area contributed by atoms with E-state index >= 15 is 0 Å². The Bertz CT molecular complexity index is 840. The summed E-state index contributed by atoms with van der Waals surface area (Å²) in [5, 5.41) is 13.6. The molecule has 1 N–H and O–H groups in total. The zero-order chi connectivity index (χ0) is 15.7. The number of nitrogens with zero attached hydrogens (tertiary/aromatic N) is 5. The zero-order valence-corrected chi connectivity index (χ0v) is 12.1. The quantitative estimate of drug-likeness (QED) is 0.585. The fourth-order valence-corrected chi connectivity index (χ4v) is 2.18. The maximum Gasteiger partial charge on any atom is 0.305 e. The van der Waals surface area contributed by atoms with Crippen LogP contribution in [0.2, 0.25) is 0 Å². The molecule has 0 bridgehead atoms. The molecule has 0 spiro atoms. The Morgan fingerprint density at radius 3 is 2.73 bits per heavy atom. The minimum Gasteiger partial charge on any atom is -0.347 e. The van der Waals surface area contributed by atoms with Crippen LogP contribution in [0.25, 0.3) is 11.0 Å². The van der Waals surface area contributed by atoms with Crippen molar-refractivity contribution in [2.24, 2.45) is 7.05 Å². The summed E-state index contributed by atoms with van der Waals surface area (Å²) in [6.45, 7) is 2.46. The van der Waals surface area contributed by atoms with Gasteiger partial charge in [0, 0.05) is 7.05 Å². The van der Waals surface area contributed by atoms with Gasteiger partial charge in [0.2, 0.25) is 5.95 Å². The highest BCUT2D eigenvalue weighted by molar-refractivity contribution is 5.76. The van der Waals surface area contributed by atoms with Crippen LogP contribution in [-0.2, 0) is 13.6 Å². The lowest BCUT2D eigenvalue weighted by atomic mass is 10.2. The summed E-state index contributed by atoms with van der Waals surface area (Å²) in [6.07, 6.45) is 2.35. The molecule has 0 saturated heterocycles. The average Bonchev–Trinajstić information content (AvgIpc) is 2.81. The Hall–Kier alpha value is -3.03. The van der Waals surface area contributed by atoms with Crippen LogP contribution in [0.4, 0.5) is 11.6 Å². The highest BCUT2D eigenvalue weighted by Gasteiger charge is 2.09. The molecule has 0 radical (unpaired) electrons. The number of aromatic nitrogens is 4. The molecule has 8 nitrogen and oxygen atoms in total. The van der Waals surface area contributed by atoms with Crippen molar-refractivity contribution in [1.29, 1.82) is 0 Å². The Labute approximate surface area is 126 Å². The monoisotopic (exact) mass is 298 g/mol. The van der Waals surface area contributed by atoms with E-state index in [1.807, 2.05) is 36.7 Å². The van der Waals surface area contributed by atoms with Crippen molar-refractivity contribution in [3.8, 4) is 0 Å². The number of aryl methyl sites for hydroxylation is 2. The molecular formula is C14H14N6O2. The number of benzene rings is 1. The van der Waals surface area contributed by atoms with E-state index in [1.54, 1.807) is 0 Å². The van der Waals surface area contributed by atoms with Gasteiger partial charge in [-0.3, -0.25) is 10.1 Å². The zero-order valence-electron chi connectivity index (χ0n) is 12.1. The third kappa shape index (κ3) is 2.58. The van der Waals surface area contributed by atoms with E-state index in [2.05, 4.69) is 20.3 Å². The Balaban J connectivity index is 1.78. The lowest BCUT2D eigenvalue weighted by molar-refractivity contribution is -0.385. The first-order valence-corrected chi connectivity index (χ1v) is 6.67. The van der Waals surface area contributed by atoms with E-state index < -0.39 is 4.92 Å². The third-order valence-corrected chi connectivity index (χ3v) is 3.38. The summed E-state index contributed by atoms with van der Waals surface area (Å²) in [5.41, 5.74) is 3.00. The van der Waals surface area contributed by atoms with Crippen LogP contribution in [0.15, 0.2) is 30.6 Å². The van der Waals surface area contributed by atoms with Crippen molar-refractivity contribution in [2.45, 2.75) is 13.5 Å². The van der Waals surface area contributed by atoms with E-state index in [-0.39, 0.29) is 5.69 Å². The topological polar surface area (TPSA) is 98.8 Å². The Morgan fingerprint density at radius 2 is 2.05 bits per heavy atom. The average molecular weight is 298 g/mol. The largest absolute Gasteiger partial charge is 0.347 e. The van der Waals surface area contributed by atoms with Gasteiger partial charge >= 0.3 is 5.69 Å². The van der Waals surface area contributed by atoms with Crippen molar-refractivity contribution in [2.75, 3.05) is 5.32 Å². The molecule has 112 valence electrons. The van der Waals surface area contributed by atoms with Gasteiger partial charge in [0.25, 0.3) is 0 Å². The number of fused-ring (bicyclic) bond motifs is 1. The van der Waals surface area contributed by atoms with Gasteiger partial charge in [-0.2, -0.15) is 0 Å². The van der Waals surface area contributed by atoms with E-state index in [4.69, 9.17) is 0 Å². The van der Waals surface area contributed by atoms with Gasteiger partial charge in [0.05, 0.1) is 22.5 Å². The standard InChI is InChI=1S/C14H14N6O2/c1-9-3-4-12-11(5-9)18-13(19(12)2)8-17-14-15-6-10(7-16-14)20(21)22/h3-7H,8H2,1-2H3,(H,15,16,17). The molecule has 0 aliphatic heterocycles. The SMILES string of the molecule is Cc1ccc2c(c1)nc(CNc1ncc([N+](=O)[O-])cn1)n2C. The maximum absolute atomic E-state index is 10.6. The normalized spacial score (nSPS) is 10.8. The first kappa shape index (κ1) is 13.9. The van der Waals surface area contributed by atoms with E-state index in [1.165, 1.54) is 12.4 Å². The predicted octanol–water partition coefficient (Wildman–Crippen LogP) is 2.19. The number of imidazole rings is 1. The van der Waals surface area contributed by atoms with Crippen LogP contribution in [0.3, 0.4) is 0 Å². The molecule has 0 aliphatic carbocycles. The third-order valence-electron chi connectivity index (χ3n) is 3.38. The van der Waals surface area contributed by atoms with E-state index in [9.17, 15) is 10.1 Å². The van der Waals surface area contributed by atoms with Gasteiger partial charge in [0.15, 0.2) is 0 Å². The number of hydrogen-bond acceptors (Lipinski definition) is 6. The van der Waals surface area contributed by atoms with Crippen LogP contribution in [0, 0.1) is 17.0 Å². The van der Waals surface area contributed by atoms with E-state index in [0.29, 0.717) is 12.5 Å². The molecule has 0 fully saturated rings. The number of anilines is 1. The molecule has 0 unspecified atom stereocenters. The Kier molecular flexibility index (Phi) is 3.42. The predicted molar refractivity (Wildman–Crippen MR) is 81.5 cm³/mol. The van der Waals surface area contributed by atoms with Crippen molar-refractivity contribution in [1.82, 2.24) is 19.5 Å². The molecular weight excluding hydrogens is 284 g/mol. The van der Waals surface area contributed by atoms with Gasteiger partial charge in [-0.25, -0.2) is 15.0 Å². The summed E-state index contributed by atoms with van der Waals surface area (Å²) >= 11 is 0. The fraction of sp³-hybridized carbons (Fsp3) is 0.214. The van der Waals surface area contributed by atoms with Gasteiger partial charge in [0.1, 0.15) is 18.2 Å². The number of nitrogens with one attached hydrogen (secondary N) is 1. The molecule has 0 atom stereocenters. The van der Waals surface area contributed by atoms with E-state index in [0.717, 1.165) is 22.4 Å². The highest BCUT2D eigenvalue weighted by Crippen LogP contribution is 2.17. The summed E-state index contributed by atoms with van der Waals surface area (Å²) in [5.74, 6) is 1.16. The molecule has 0 saturated carbocycles. The smallest absolute Gasteiger partial charge is 0.305 e. The number of nitro groups is 1. The molecule has 3 rings (SSSR count). The second kappa shape index (κ2) is 5.40. The first-order valence-electron chi connectivity index (χ1n) is 6.67. The molecule has 0 aliphatic rings. The highest BCUT2D eigenvalue weighted by atomic mass is 16.6. The lowest BCUT2D eigenvalue weighted by Gasteiger charge is -2.04. The van der Waals surface area contributed by atoms with Crippen molar-refractivity contribution in [3.63, 3.8) is 0 Å². The summed E-state index contributed by atoms with van der Waals surface area (Å²) in [7, 11) is 1.94. The van der Waals surface area contributed by atoms with Gasteiger partial charge < -0.3 is 9.88 Å². The van der Waals surface area contributed by atoms with Crippen LogP contribution in [0.1, 0.15) is 11.4 Å². The van der Waals surface area contributed by atoms with Gasteiger partial charge in [-0.15, -0.1) is 0 Å². The minimum absolute atomic E-state index is 0.135. The van der Waals surface area contributed by atoms with Crippen LogP contribution in [0.5, 0.6) is 0 Å². The number of hydrogen-bond donors (Lipinski definition) is 1. The maximum atomic E-state index is 10.6. The second-order valence-corrected chi connectivity index (χ2v) is 4.95. The van der Waals surface area contributed by atoms with Crippen molar-refractivity contribution >= 4 is 22.7 Å². The van der Waals surface area contributed by atoms with Crippen LogP contribution < -0.4 is 5.32 Å². The fourth-order valence-electron chi connectivity index (χ4n) is 2.18. The second-order valence-electron chi connectivity index (χ2n) is 4.95. The van der Waals surface area contributed by atoms with Crippen molar-refractivity contribution in [3.05, 3.63) is 52.1 Å². The molecule has 8 heteroatoms. The summed E-state index contributed by atoms with van der Waals surface area (Å²) in [6, 6.07) is 6.10. The molecule has 0 amide bonds. The summed E-state index contributed by atoms with van der Waals surface area (Å²) in [4.78, 5) is 22.4.